The van der Waals surface area contributed by atoms with Gasteiger partial charge < -0.3 is 4.74 Å². The summed E-state index contributed by atoms with van der Waals surface area (Å²) in [5, 5.41) is 8.13. The second kappa shape index (κ2) is 6.64. The van der Waals surface area contributed by atoms with Crippen molar-refractivity contribution in [2.75, 3.05) is 7.11 Å². The Morgan fingerprint density at radius 1 is 1.11 bits per heavy atom. The number of nitrogens with zero attached hydrogens (tertiary/aromatic N) is 6. The number of rotatable bonds is 4. The summed E-state index contributed by atoms with van der Waals surface area (Å²) in [7, 11) is 1.63. The van der Waals surface area contributed by atoms with Crippen molar-refractivity contribution in [3.05, 3.63) is 70.0 Å². The summed E-state index contributed by atoms with van der Waals surface area (Å²) in [6, 6.07) is 9.46. The summed E-state index contributed by atoms with van der Waals surface area (Å²) in [5.74, 6) is 0.775. The highest BCUT2D eigenvalue weighted by Crippen LogP contribution is 2.24. The molecule has 3 aromatic heterocycles. The van der Waals surface area contributed by atoms with E-state index in [4.69, 9.17) is 4.74 Å². The molecule has 8 heteroatoms. The zero-order valence-corrected chi connectivity index (χ0v) is 15.2. The molecule has 3 heterocycles. The largest absolute Gasteiger partial charge is 0.496 e. The van der Waals surface area contributed by atoms with Gasteiger partial charge in [0.1, 0.15) is 12.1 Å². The Kier molecular flexibility index (Phi) is 4.15. The number of fused-ring (bicyclic) bond motifs is 1. The number of ether oxygens (including phenoxy) is 1. The molecule has 0 saturated carbocycles. The van der Waals surface area contributed by atoms with Crippen molar-refractivity contribution in [3.8, 4) is 11.4 Å². The lowest BCUT2D eigenvalue weighted by atomic mass is 10.1. The highest BCUT2D eigenvalue weighted by atomic mass is 16.5. The maximum atomic E-state index is 12.9. The Labute approximate surface area is 155 Å². The lowest BCUT2D eigenvalue weighted by Crippen LogP contribution is -2.22. The number of pyridine rings is 1. The van der Waals surface area contributed by atoms with Gasteiger partial charge in [0.15, 0.2) is 11.2 Å². The summed E-state index contributed by atoms with van der Waals surface area (Å²) in [5.41, 5.74) is 3.78. The van der Waals surface area contributed by atoms with Crippen LogP contribution in [-0.2, 0) is 6.54 Å². The first-order valence-corrected chi connectivity index (χ1v) is 8.45. The van der Waals surface area contributed by atoms with Crippen LogP contribution in [0.15, 0.2) is 47.7 Å². The third-order valence-corrected chi connectivity index (χ3v) is 4.50. The Bertz CT molecular complexity index is 1180. The van der Waals surface area contributed by atoms with E-state index < -0.39 is 0 Å². The van der Waals surface area contributed by atoms with Gasteiger partial charge in [0, 0.05) is 17.3 Å². The molecule has 0 aliphatic carbocycles. The first kappa shape index (κ1) is 16.9. The fraction of sp³-hybridized carbons (Fsp3) is 0.211. The molecule has 0 radical (unpaired) electrons. The normalized spacial score (nSPS) is 11.1. The third kappa shape index (κ3) is 2.84. The van der Waals surface area contributed by atoms with E-state index in [0.717, 1.165) is 28.3 Å². The van der Waals surface area contributed by atoms with Gasteiger partial charge >= 0.3 is 0 Å². The predicted octanol–water partition coefficient (Wildman–Crippen LogP) is 2.05. The lowest BCUT2D eigenvalue weighted by molar-refractivity contribution is 0.406. The second-order valence-electron chi connectivity index (χ2n) is 6.23. The van der Waals surface area contributed by atoms with E-state index in [2.05, 4.69) is 20.3 Å². The average Bonchev–Trinajstić information content (AvgIpc) is 3.12. The van der Waals surface area contributed by atoms with Crippen molar-refractivity contribution in [2.45, 2.75) is 20.4 Å². The molecule has 0 aliphatic heterocycles. The van der Waals surface area contributed by atoms with Crippen LogP contribution >= 0.6 is 0 Å². The van der Waals surface area contributed by atoms with Crippen molar-refractivity contribution in [1.29, 1.82) is 0 Å². The Balaban J connectivity index is 1.77. The van der Waals surface area contributed by atoms with Gasteiger partial charge in [-0.15, -0.1) is 5.10 Å². The molecule has 27 heavy (non-hydrogen) atoms. The molecule has 0 spiro atoms. The number of aromatic nitrogens is 6. The van der Waals surface area contributed by atoms with E-state index >= 15 is 0 Å². The average molecular weight is 362 g/mol. The van der Waals surface area contributed by atoms with Crippen LogP contribution in [0.2, 0.25) is 0 Å². The summed E-state index contributed by atoms with van der Waals surface area (Å²) in [6.45, 7) is 4.14. The van der Waals surface area contributed by atoms with Crippen molar-refractivity contribution in [2.24, 2.45) is 0 Å². The highest BCUT2D eigenvalue weighted by molar-refractivity contribution is 5.70. The van der Waals surface area contributed by atoms with E-state index in [0.29, 0.717) is 5.65 Å². The van der Waals surface area contributed by atoms with Crippen molar-refractivity contribution in [1.82, 2.24) is 29.5 Å². The van der Waals surface area contributed by atoms with Gasteiger partial charge in [-0.3, -0.25) is 14.3 Å². The number of hydrogen-bond donors (Lipinski definition) is 0. The number of benzene rings is 1. The van der Waals surface area contributed by atoms with Crippen LogP contribution < -0.4 is 10.3 Å². The van der Waals surface area contributed by atoms with Crippen molar-refractivity contribution in [3.63, 3.8) is 0 Å². The first-order chi connectivity index (χ1) is 13.1. The van der Waals surface area contributed by atoms with E-state index in [9.17, 15) is 4.79 Å². The zero-order chi connectivity index (χ0) is 19.0. The predicted molar refractivity (Wildman–Crippen MR) is 100 cm³/mol. The fourth-order valence-electron chi connectivity index (χ4n) is 3.09. The summed E-state index contributed by atoms with van der Waals surface area (Å²) in [4.78, 5) is 21.7. The van der Waals surface area contributed by atoms with Gasteiger partial charge in [0.05, 0.1) is 25.0 Å². The van der Waals surface area contributed by atoms with E-state index in [1.807, 2.05) is 44.2 Å². The molecule has 4 rings (SSSR count). The molecule has 0 unspecified atom stereocenters. The monoisotopic (exact) mass is 362 g/mol. The molecule has 0 fully saturated rings. The van der Waals surface area contributed by atoms with Crippen LogP contribution in [0.4, 0.5) is 0 Å². The SMILES string of the molecule is COc1c(C)cnc(Cn2cnc3c(nnn3-c3ccccc3)c2=O)c1C. The maximum Gasteiger partial charge on any atom is 0.283 e. The van der Waals surface area contributed by atoms with Gasteiger partial charge in [-0.05, 0) is 26.0 Å². The van der Waals surface area contributed by atoms with Crippen LogP contribution in [0.3, 0.4) is 0 Å². The van der Waals surface area contributed by atoms with Crippen LogP contribution in [0, 0.1) is 13.8 Å². The molecule has 8 nitrogen and oxygen atoms in total. The smallest absolute Gasteiger partial charge is 0.283 e. The first-order valence-electron chi connectivity index (χ1n) is 8.45. The minimum absolute atomic E-state index is 0.220. The third-order valence-electron chi connectivity index (χ3n) is 4.50. The molecular weight excluding hydrogens is 344 g/mol. The quantitative estimate of drug-likeness (QED) is 0.552. The fourth-order valence-corrected chi connectivity index (χ4v) is 3.09. The number of hydrogen-bond acceptors (Lipinski definition) is 6. The second-order valence-corrected chi connectivity index (χ2v) is 6.23. The van der Waals surface area contributed by atoms with Gasteiger partial charge in [-0.1, -0.05) is 23.4 Å². The van der Waals surface area contributed by atoms with Crippen LogP contribution in [0.25, 0.3) is 16.9 Å². The van der Waals surface area contributed by atoms with Gasteiger partial charge in [0.25, 0.3) is 5.56 Å². The lowest BCUT2D eigenvalue weighted by Gasteiger charge is -2.13. The summed E-state index contributed by atoms with van der Waals surface area (Å²) in [6.07, 6.45) is 3.24. The summed E-state index contributed by atoms with van der Waals surface area (Å²) >= 11 is 0. The van der Waals surface area contributed by atoms with Crippen molar-refractivity contribution >= 4 is 11.2 Å². The standard InChI is InChI=1S/C19H18N6O2/c1-12-9-20-15(13(2)17(12)27-3)10-24-11-21-18-16(19(24)26)22-23-25(18)14-7-5-4-6-8-14/h4-9,11H,10H2,1-3H3. The Morgan fingerprint density at radius 2 is 1.89 bits per heavy atom. The number of para-hydroxylation sites is 1. The minimum atomic E-state index is -0.261. The molecule has 0 bridgehead atoms. The summed E-state index contributed by atoms with van der Waals surface area (Å²) < 4.78 is 8.48. The topological polar surface area (TPSA) is 87.7 Å². The molecular formula is C19H18N6O2. The Morgan fingerprint density at radius 3 is 2.63 bits per heavy atom. The molecule has 4 aromatic rings. The molecule has 0 atom stereocenters. The zero-order valence-electron chi connectivity index (χ0n) is 15.2. The van der Waals surface area contributed by atoms with Crippen LogP contribution in [0.1, 0.15) is 16.8 Å². The molecule has 0 amide bonds. The molecule has 0 N–H and O–H groups in total. The maximum absolute atomic E-state index is 12.9. The minimum Gasteiger partial charge on any atom is -0.496 e. The van der Waals surface area contributed by atoms with Gasteiger partial charge in [-0.2, -0.15) is 4.68 Å². The highest BCUT2D eigenvalue weighted by Gasteiger charge is 2.15. The van der Waals surface area contributed by atoms with Gasteiger partial charge in [-0.25, -0.2) is 4.98 Å². The molecule has 1 aromatic carbocycles. The van der Waals surface area contributed by atoms with E-state index in [1.165, 1.54) is 10.9 Å². The van der Waals surface area contributed by atoms with Crippen molar-refractivity contribution < 1.29 is 4.74 Å². The number of methoxy groups -OCH3 is 1. The van der Waals surface area contributed by atoms with Crippen LogP contribution in [-0.4, -0.2) is 36.6 Å². The van der Waals surface area contributed by atoms with E-state index in [1.54, 1.807) is 18.0 Å². The number of aryl methyl sites for hydroxylation is 1. The van der Waals surface area contributed by atoms with Crippen LogP contribution in [0.5, 0.6) is 5.75 Å². The molecule has 136 valence electrons. The Hall–Kier alpha value is -3.55. The molecule has 0 aliphatic rings. The molecule has 0 saturated heterocycles. The van der Waals surface area contributed by atoms with E-state index in [-0.39, 0.29) is 17.6 Å². The van der Waals surface area contributed by atoms with Gasteiger partial charge in [0.2, 0.25) is 0 Å².